The molecule has 0 amide bonds. The van der Waals surface area contributed by atoms with E-state index in [2.05, 4.69) is 28.2 Å². The normalized spacial score (nSPS) is 18.8. The lowest BCUT2D eigenvalue weighted by molar-refractivity contribution is -0.143. The van der Waals surface area contributed by atoms with E-state index in [9.17, 15) is 4.79 Å². The van der Waals surface area contributed by atoms with Crippen molar-refractivity contribution in [1.29, 1.82) is 0 Å². The number of hydrogen-bond acceptors (Lipinski definition) is 4. The van der Waals surface area contributed by atoms with Gasteiger partial charge in [0.05, 0.1) is 6.61 Å². The molecule has 1 N–H and O–H groups in total. The molecule has 4 nitrogen and oxygen atoms in total. The Morgan fingerprint density at radius 2 is 2.39 bits per heavy atom. The molecule has 0 spiro atoms. The number of nitrogens with one attached hydrogen (secondary N) is 1. The number of esters is 1. The Hall–Kier alpha value is -1.07. The SMILES string of the molecule is CCNCc1cc(OC2CCOC2=O)ccc1Br. The molecular formula is C13H16BrNO3. The second kappa shape index (κ2) is 6.20. The molecule has 0 bridgehead atoms. The molecule has 1 atom stereocenters. The minimum Gasteiger partial charge on any atom is -0.479 e. The molecule has 1 fully saturated rings. The maximum atomic E-state index is 11.3. The summed E-state index contributed by atoms with van der Waals surface area (Å²) in [5.41, 5.74) is 1.11. The van der Waals surface area contributed by atoms with Crippen molar-refractivity contribution in [2.45, 2.75) is 26.0 Å². The van der Waals surface area contributed by atoms with E-state index in [1.165, 1.54) is 0 Å². The summed E-state index contributed by atoms with van der Waals surface area (Å²) < 4.78 is 11.5. The van der Waals surface area contributed by atoms with Gasteiger partial charge >= 0.3 is 5.97 Å². The van der Waals surface area contributed by atoms with Crippen LogP contribution in [0.4, 0.5) is 0 Å². The first kappa shape index (κ1) is 13.4. The average molecular weight is 314 g/mol. The number of carbonyl (C=O) groups is 1. The largest absolute Gasteiger partial charge is 0.479 e. The maximum Gasteiger partial charge on any atom is 0.347 e. The lowest BCUT2D eigenvalue weighted by Gasteiger charge is -2.12. The molecule has 2 rings (SSSR count). The molecule has 0 saturated carbocycles. The van der Waals surface area contributed by atoms with Crippen LogP contribution in [0.2, 0.25) is 0 Å². The number of rotatable bonds is 5. The Balaban J connectivity index is 2.06. The Morgan fingerprint density at radius 3 is 3.06 bits per heavy atom. The van der Waals surface area contributed by atoms with Crippen LogP contribution >= 0.6 is 15.9 Å². The van der Waals surface area contributed by atoms with Gasteiger partial charge in [-0.05, 0) is 30.3 Å². The first-order chi connectivity index (χ1) is 8.70. The van der Waals surface area contributed by atoms with Gasteiger partial charge in [-0.15, -0.1) is 0 Å². The van der Waals surface area contributed by atoms with E-state index < -0.39 is 6.10 Å². The van der Waals surface area contributed by atoms with Crippen molar-refractivity contribution in [3.8, 4) is 5.75 Å². The van der Waals surface area contributed by atoms with Gasteiger partial charge in [-0.3, -0.25) is 0 Å². The highest BCUT2D eigenvalue weighted by Crippen LogP contribution is 2.24. The summed E-state index contributed by atoms with van der Waals surface area (Å²) in [7, 11) is 0. The first-order valence-corrected chi connectivity index (χ1v) is 6.82. The van der Waals surface area contributed by atoms with Gasteiger partial charge in [0.1, 0.15) is 5.75 Å². The van der Waals surface area contributed by atoms with Crippen LogP contribution in [-0.4, -0.2) is 25.2 Å². The molecule has 0 radical (unpaired) electrons. The standard InChI is InChI=1S/C13H16BrNO3/c1-2-15-8-9-7-10(3-4-11(9)14)18-12-5-6-17-13(12)16/h3-4,7,12,15H,2,5-6,8H2,1H3. The van der Waals surface area contributed by atoms with Gasteiger partial charge in [-0.1, -0.05) is 22.9 Å². The number of carbonyl (C=O) groups excluding carboxylic acids is 1. The van der Waals surface area contributed by atoms with Crippen molar-refractivity contribution in [3.63, 3.8) is 0 Å². The van der Waals surface area contributed by atoms with Crippen molar-refractivity contribution in [1.82, 2.24) is 5.32 Å². The third kappa shape index (κ3) is 3.23. The quantitative estimate of drug-likeness (QED) is 0.847. The number of cyclic esters (lactones) is 1. The van der Waals surface area contributed by atoms with E-state index in [-0.39, 0.29) is 5.97 Å². The predicted molar refractivity (Wildman–Crippen MR) is 71.5 cm³/mol. The van der Waals surface area contributed by atoms with Crippen molar-refractivity contribution in [2.75, 3.05) is 13.2 Å². The molecule has 18 heavy (non-hydrogen) atoms. The average Bonchev–Trinajstić information content (AvgIpc) is 2.76. The van der Waals surface area contributed by atoms with Crippen LogP contribution in [0.1, 0.15) is 18.9 Å². The molecule has 1 aliphatic heterocycles. The minimum absolute atomic E-state index is 0.272. The van der Waals surface area contributed by atoms with Gasteiger partial charge in [0.2, 0.25) is 0 Å². The summed E-state index contributed by atoms with van der Waals surface area (Å²) in [4.78, 5) is 11.3. The summed E-state index contributed by atoms with van der Waals surface area (Å²) in [5.74, 6) is 0.432. The van der Waals surface area contributed by atoms with E-state index in [0.717, 1.165) is 23.1 Å². The molecule has 0 aromatic heterocycles. The number of hydrogen-bond donors (Lipinski definition) is 1. The summed E-state index contributed by atoms with van der Waals surface area (Å²) in [6, 6.07) is 5.73. The Labute approximate surface area is 115 Å². The van der Waals surface area contributed by atoms with Crippen molar-refractivity contribution < 1.29 is 14.3 Å². The van der Waals surface area contributed by atoms with E-state index >= 15 is 0 Å². The number of ether oxygens (including phenoxy) is 2. The van der Waals surface area contributed by atoms with E-state index in [0.29, 0.717) is 18.8 Å². The zero-order valence-electron chi connectivity index (χ0n) is 10.2. The molecule has 5 heteroatoms. The Morgan fingerprint density at radius 1 is 1.56 bits per heavy atom. The third-order valence-electron chi connectivity index (χ3n) is 2.75. The smallest absolute Gasteiger partial charge is 0.347 e. The van der Waals surface area contributed by atoms with E-state index in [4.69, 9.17) is 9.47 Å². The lowest BCUT2D eigenvalue weighted by atomic mass is 10.2. The highest BCUT2D eigenvalue weighted by Gasteiger charge is 2.28. The van der Waals surface area contributed by atoms with Gasteiger partial charge in [-0.25, -0.2) is 4.79 Å². The monoisotopic (exact) mass is 313 g/mol. The molecular weight excluding hydrogens is 298 g/mol. The highest BCUT2D eigenvalue weighted by atomic mass is 79.9. The predicted octanol–water partition coefficient (Wildman–Crippen LogP) is 2.25. The fourth-order valence-corrected chi connectivity index (χ4v) is 2.16. The van der Waals surface area contributed by atoms with Crippen LogP contribution in [0, 0.1) is 0 Å². The molecule has 0 aliphatic carbocycles. The molecule has 1 unspecified atom stereocenters. The van der Waals surface area contributed by atoms with Gasteiger partial charge in [0, 0.05) is 17.4 Å². The van der Waals surface area contributed by atoms with Gasteiger partial charge in [0.25, 0.3) is 0 Å². The fourth-order valence-electron chi connectivity index (χ4n) is 1.77. The van der Waals surface area contributed by atoms with Crippen LogP contribution in [0.5, 0.6) is 5.75 Å². The molecule has 98 valence electrons. The van der Waals surface area contributed by atoms with Crippen molar-refractivity contribution in [3.05, 3.63) is 28.2 Å². The van der Waals surface area contributed by atoms with Gasteiger partial charge in [0.15, 0.2) is 6.10 Å². The Bertz CT molecular complexity index is 436. The lowest BCUT2D eigenvalue weighted by Crippen LogP contribution is -2.21. The van der Waals surface area contributed by atoms with E-state index in [1.54, 1.807) is 0 Å². The summed E-state index contributed by atoms with van der Waals surface area (Å²) in [5, 5.41) is 3.26. The third-order valence-corrected chi connectivity index (χ3v) is 3.52. The highest BCUT2D eigenvalue weighted by molar-refractivity contribution is 9.10. The van der Waals surface area contributed by atoms with Crippen LogP contribution in [0.15, 0.2) is 22.7 Å². The topological polar surface area (TPSA) is 47.6 Å². The minimum atomic E-state index is -0.460. The number of benzene rings is 1. The zero-order valence-corrected chi connectivity index (χ0v) is 11.8. The molecule has 1 heterocycles. The zero-order chi connectivity index (χ0) is 13.0. The Kier molecular flexibility index (Phi) is 4.60. The van der Waals surface area contributed by atoms with Crippen LogP contribution in [0.25, 0.3) is 0 Å². The van der Waals surface area contributed by atoms with Crippen LogP contribution in [0.3, 0.4) is 0 Å². The molecule has 1 saturated heterocycles. The summed E-state index contributed by atoms with van der Waals surface area (Å²) >= 11 is 3.50. The number of halogens is 1. The van der Waals surface area contributed by atoms with Crippen molar-refractivity contribution >= 4 is 21.9 Å². The fraction of sp³-hybridized carbons (Fsp3) is 0.462. The van der Waals surface area contributed by atoms with Crippen LogP contribution in [-0.2, 0) is 16.1 Å². The molecule has 1 aromatic rings. The summed E-state index contributed by atoms with van der Waals surface area (Å²) in [6.07, 6.45) is 0.162. The second-order valence-electron chi connectivity index (χ2n) is 4.10. The molecule has 1 aliphatic rings. The van der Waals surface area contributed by atoms with Crippen LogP contribution < -0.4 is 10.1 Å². The second-order valence-corrected chi connectivity index (χ2v) is 4.95. The van der Waals surface area contributed by atoms with Crippen molar-refractivity contribution in [2.24, 2.45) is 0 Å². The van der Waals surface area contributed by atoms with Gasteiger partial charge < -0.3 is 14.8 Å². The summed E-state index contributed by atoms with van der Waals surface area (Å²) in [6.45, 7) is 4.18. The maximum absolute atomic E-state index is 11.3. The molecule has 1 aromatic carbocycles. The van der Waals surface area contributed by atoms with E-state index in [1.807, 2.05) is 18.2 Å². The van der Waals surface area contributed by atoms with Gasteiger partial charge in [-0.2, -0.15) is 0 Å². The first-order valence-electron chi connectivity index (χ1n) is 6.03.